The minimum absolute atomic E-state index is 0.122. The first-order chi connectivity index (χ1) is 8.82. The average molecular weight is 251 g/mol. The molecular weight excluding hydrogens is 230 g/mol. The number of rotatable bonds is 1. The molecule has 2 saturated heterocycles. The summed E-state index contributed by atoms with van der Waals surface area (Å²) in [5.74, 6) is 0. The van der Waals surface area contributed by atoms with E-state index in [2.05, 4.69) is 14.9 Å². The summed E-state index contributed by atoms with van der Waals surface area (Å²) in [5.41, 5.74) is 1.08. The minimum atomic E-state index is -0.122. The van der Waals surface area contributed by atoms with E-state index in [-0.39, 0.29) is 11.6 Å². The van der Waals surface area contributed by atoms with Crippen molar-refractivity contribution in [2.75, 3.05) is 26.4 Å². The van der Waals surface area contributed by atoms with Gasteiger partial charge in [0, 0.05) is 39.4 Å². The molecule has 1 aromatic rings. The van der Waals surface area contributed by atoms with Gasteiger partial charge in [-0.15, -0.1) is 0 Å². The topological polar surface area (TPSA) is 48.3 Å². The van der Waals surface area contributed by atoms with Crippen molar-refractivity contribution in [3.05, 3.63) is 18.2 Å². The summed E-state index contributed by atoms with van der Waals surface area (Å²) < 4.78 is 13.9. The van der Waals surface area contributed by atoms with Crippen LogP contribution < -0.4 is 5.32 Å². The molecule has 2 aliphatic heterocycles. The van der Waals surface area contributed by atoms with E-state index in [1.807, 2.05) is 19.6 Å². The van der Waals surface area contributed by atoms with E-state index in [0.717, 1.165) is 45.6 Å². The van der Waals surface area contributed by atoms with E-state index in [4.69, 9.17) is 9.47 Å². The third-order valence-electron chi connectivity index (χ3n) is 4.07. The molecule has 2 atom stereocenters. The molecule has 2 fully saturated rings. The second kappa shape index (κ2) is 4.99. The van der Waals surface area contributed by atoms with Gasteiger partial charge in [0.1, 0.15) is 0 Å². The van der Waals surface area contributed by atoms with Crippen LogP contribution in [0.1, 0.15) is 31.0 Å². The Morgan fingerprint density at radius 3 is 3.17 bits per heavy atom. The summed E-state index contributed by atoms with van der Waals surface area (Å²) >= 11 is 0. The van der Waals surface area contributed by atoms with Crippen LogP contribution in [0.3, 0.4) is 0 Å². The van der Waals surface area contributed by atoms with Gasteiger partial charge < -0.3 is 19.4 Å². The lowest BCUT2D eigenvalue weighted by molar-refractivity contribution is -0.110. The number of ether oxygens (including phenoxy) is 2. The van der Waals surface area contributed by atoms with Gasteiger partial charge in [-0.25, -0.2) is 4.98 Å². The smallest absolute Gasteiger partial charge is 0.0946 e. The van der Waals surface area contributed by atoms with Gasteiger partial charge in [0.15, 0.2) is 0 Å². The van der Waals surface area contributed by atoms with Gasteiger partial charge in [-0.3, -0.25) is 0 Å². The standard InChI is InChI=1S/C13H21N3O2/c1-16-10-14-9-11(16)12-13(18-8-5-15-12)3-2-6-17-7-4-13/h9-10,12,15H,2-8H2,1H3. The molecule has 2 unspecified atom stereocenters. The highest BCUT2D eigenvalue weighted by molar-refractivity contribution is 5.14. The number of hydrogen-bond acceptors (Lipinski definition) is 4. The fourth-order valence-electron chi connectivity index (χ4n) is 3.13. The highest BCUT2D eigenvalue weighted by Crippen LogP contribution is 2.39. The fraction of sp³-hybridized carbons (Fsp3) is 0.769. The van der Waals surface area contributed by atoms with Crippen molar-refractivity contribution in [2.24, 2.45) is 7.05 Å². The van der Waals surface area contributed by atoms with Crippen LogP contribution >= 0.6 is 0 Å². The normalized spacial score (nSPS) is 33.5. The van der Waals surface area contributed by atoms with Crippen LogP contribution in [0.2, 0.25) is 0 Å². The molecule has 0 amide bonds. The van der Waals surface area contributed by atoms with E-state index in [0.29, 0.717) is 0 Å². The maximum atomic E-state index is 6.19. The predicted octanol–water partition coefficient (Wildman–Crippen LogP) is 1.02. The largest absolute Gasteiger partial charge is 0.381 e. The zero-order valence-electron chi connectivity index (χ0n) is 10.9. The molecule has 0 bridgehead atoms. The van der Waals surface area contributed by atoms with E-state index >= 15 is 0 Å². The van der Waals surface area contributed by atoms with E-state index in [1.54, 1.807) is 0 Å². The summed E-state index contributed by atoms with van der Waals surface area (Å²) in [4.78, 5) is 4.23. The van der Waals surface area contributed by atoms with Gasteiger partial charge in [-0.1, -0.05) is 0 Å². The number of aromatic nitrogens is 2. The van der Waals surface area contributed by atoms with Crippen molar-refractivity contribution in [1.82, 2.24) is 14.9 Å². The van der Waals surface area contributed by atoms with Crippen molar-refractivity contribution in [3.63, 3.8) is 0 Å². The molecule has 18 heavy (non-hydrogen) atoms. The summed E-state index contributed by atoms with van der Waals surface area (Å²) in [6.45, 7) is 3.33. The Balaban J connectivity index is 1.91. The number of nitrogens with one attached hydrogen (secondary N) is 1. The van der Waals surface area contributed by atoms with Gasteiger partial charge >= 0.3 is 0 Å². The number of nitrogens with zero attached hydrogens (tertiary/aromatic N) is 2. The third kappa shape index (κ3) is 2.06. The maximum absolute atomic E-state index is 6.19. The van der Waals surface area contributed by atoms with Gasteiger partial charge in [-0.2, -0.15) is 0 Å². The molecule has 0 aromatic carbocycles. The van der Waals surface area contributed by atoms with Crippen molar-refractivity contribution >= 4 is 0 Å². The molecule has 100 valence electrons. The first-order valence-corrected chi connectivity index (χ1v) is 6.73. The summed E-state index contributed by atoms with van der Waals surface area (Å²) in [6, 6.07) is 0.223. The molecular formula is C13H21N3O2. The number of aryl methyl sites for hydroxylation is 1. The van der Waals surface area contributed by atoms with E-state index < -0.39 is 0 Å². The molecule has 3 heterocycles. The van der Waals surface area contributed by atoms with Gasteiger partial charge in [0.2, 0.25) is 0 Å². The molecule has 2 aliphatic rings. The molecule has 5 heteroatoms. The second-order valence-corrected chi connectivity index (χ2v) is 5.20. The number of imidazole rings is 1. The predicted molar refractivity (Wildman–Crippen MR) is 67.3 cm³/mol. The van der Waals surface area contributed by atoms with Crippen LogP contribution in [0.4, 0.5) is 0 Å². The van der Waals surface area contributed by atoms with E-state index in [1.165, 1.54) is 5.69 Å². The van der Waals surface area contributed by atoms with Gasteiger partial charge in [0.05, 0.1) is 30.3 Å². The zero-order valence-corrected chi connectivity index (χ0v) is 10.9. The molecule has 0 radical (unpaired) electrons. The monoisotopic (exact) mass is 251 g/mol. The summed E-state index contributed by atoms with van der Waals surface area (Å²) in [6.07, 6.45) is 6.87. The molecule has 1 N–H and O–H groups in total. The average Bonchev–Trinajstić information content (AvgIpc) is 2.67. The minimum Gasteiger partial charge on any atom is -0.381 e. The first kappa shape index (κ1) is 12.1. The highest BCUT2D eigenvalue weighted by Gasteiger charge is 2.44. The lowest BCUT2D eigenvalue weighted by Gasteiger charge is -2.44. The molecule has 1 aromatic heterocycles. The van der Waals surface area contributed by atoms with Crippen molar-refractivity contribution in [2.45, 2.75) is 30.9 Å². The van der Waals surface area contributed by atoms with Crippen LogP contribution in [0, 0.1) is 0 Å². The number of morpholine rings is 1. The van der Waals surface area contributed by atoms with Crippen molar-refractivity contribution in [3.8, 4) is 0 Å². The Bertz CT molecular complexity index is 397. The maximum Gasteiger partial charge on any atom is 0.0946 e. The quantitative estimate of drug-likeness (QED) is 0.809. The van der Waals surface area contributed by atoms with Crippen molar-refractivity contribution < 1.29 is 9.47 Å². The molecule has 1 spiro atoms. The Hall–Kier alpha value is -0.910. The van der Waals surface area contributed by atoms with Crippen LogP contribution in [0.5, 0.6) is 0 Å². The Kier molecular flexibility index (Phi) is 3.37. The first-order valence-electron chi connectivity index (χ1n) is 6.73. The lowest BCUT2D eigenvalue weighted by atomic mass is 9.83. The van der Waals surface area contributed by atoms with Gasteiger partial charge in [0.25, 0.3) is 0 Å². The van der Waals surface area contributed by atoms with Crippen LogP contribution in [0.25, 0.3) is 0 Å². The van der Waals surface area contributed by atoms with Gasteiger partial charge in [-0.05, 0) is 12.8 Å². The van der Waals surface area contributed by atoms with Crippen LogP contribution in [-0.2, 0) is 16.5 Å². The van der Waals surface area contributed by atoms with E-state index in [9.17, 15) is 0 Å². The second-order valence-electron chi connectivity index (χ2n) is 5.20. The Morgan fingerprint density at radius 2 is 2.33 bits per heavy atom. The fourth-order valence-corrected chi connectivity index (χ4v) is 3.13. The Morgan fingerprint density at radius 1 is 1.39 bits per heavy atom. The molecule has 0 aliphatic carbocycles. The number of hydrogen-bond donors (Lipinski definition) is 1. The van der Waals surface area contributed by atoms with Crippen molar-refractivity contribution in [1.29, 1.82) is 0 Å². The summed E-state index contributed by atoms with van der Waals surface area (Å²) in [7, 11) is 2.04. The molecule has 0 saturated carbocycles. The lowest BCUT2D eigenvalue weighted by Crippen LogP contribution is -2.53. The highest BCUT2D eigenvalue weighted by atomic mass is 16.5. The molecule has 5 nitrogen and oxygen atoms in total. The SMILES string of the molecule is Cn1cncc1C1NCCOC12CCCOCC2. The molecule has 3 rings (SSSR count). The Labute approximate surface area is 107 Å². The van der Waals surface area contributed by atoms with Crippen LogP contribution in [0.15, 0.2) is 12.5 Å². The van der Waals surface area contributed by atoms with Crippen LogP contribution in [-0.4, -0.2) is 41.5 Å². The zero-order chi connectivity index (χ0) is 12.4. The summed E-state index contributed by atoms with van der Waals surface area (Å²) in [5, 5.41) is 3.61. The third-order valence-corrected chi connectivity index (χ3v) is 4.07.